The van der Waals surface area contributed by atoms with E-state index in [1.165, 1.54) is 4.31 Å². The molecule has 2 heterocycles. The van der Waals surface area contributed by atoms with Crippen molar-refractivity contribution < 1.29 is 8.42 Å². The Kier molecular flexibility index (Phi) is 4.74. The second-order valence-electron chi connectivity index (χ2n) is 7.98. The van der Waals surface area contributed by atoms with E-state index in [0.29, 0.717) is 30.5 Å². The Labute approximate surface area is 186 Å². The van der Waals surface area contributed by atoms with Crippen molar-refractivity contribution in [2.24, 2.45) is 12.8 Å². The Morgan fingerprint density at radius 2 is 1.84 bits per heavy atom. The number of nitrogen functional groups attached to an aromatic ring is 1. The Balaban J connectivity index is 1.48. The van der Waals surface area contributed by atoms with Gasteiger partial charge in [-0.05, 0) is 41.8 Å². The second-order valence-corrected chi connectivity index (χ2v) is 9.84. The zero-order valence-electron chi connectivity index (χ0n) is 17.6. The zero-order valence-corrected chi connectivity index (χ0v) is 18.4. The Bertz CT molecular complexity index is 1460. The number of aromatic nitrogens is 2. The molecule has 4 aromatic rings. The normalized spacial score (nSPS) is 13.5. The van der Waals surface area contributed by atoms with Crippen LogP contribution in [0.25, 0.3) is 11.0 Å². The summed E-state index contributed by atoms with van der Waals surface area (Å²) in [7, 11) is -1.74. The maximum absolute atomic E-state index is 13.4. The number of nitrogens with one attached hydrogen (secondary N) is 1. The molecule has 5 rings (SSSR count). The SMILES string of the molecule is Cn1c(Cc2ccc(C(=N)N)cc2)nc2cc(S(=O)(=O)N3CCc4ccccc43)ccc21. The van der Waals surface area contributed by atoms with Crippen molar-refractivity contribution in [2.75, 3.05) is 10.8 Å². The number of nitrogens with zero attached hydrogens (tertiary/aromatic N) is 3. The number of amidine groups is 1. The minimum Gasteiger partial charge on any atom is -0.384 e. The Morgan fingerprint density at radius 3 is 2.59 bits per heavy atom. The third-order valence-electron chi connectivity index (χ3n) is 6.00. The number of fused-ring (bicyclic) bond motifs is 2. The quantitative estimate of drug-likeness (QED) is 0.363. The van der Waals surface area contributed by atoms with Crippen LogP contribution in [0.4, 0.5) is 5.69 Å². The molecule has 0 radical (unpaired) electrons. The van der Waals surface area contributed by atoms with Crippen LogP contribution >= 0.6 is 0 Å². The van der Waals surface area contributed by atoms with Gasteiger partial charge in [0.2, 0.25) is 0 Å². The van der Waals surface area contributed by atoms with Crippen molar-refractivity contribution in [1.29, 1.82) is 5.41 Å². The van der Waals surface area contributed by atoms with Gasteiger partial charge >= 0.3 is 0 Å². The van der Waals surface area contributed by atoms with Crippen molar-refractivity contribution in [2.45, 2.75) is 17.7 Å². The first kappa shape index (κ1) is 20.3. The lowest BCUT2D eigenvalue weighted by atomic mass is 10.1. The Morgan fingerprint density at radius 1 is 1.09 bits per heavy atom. The number of imidazole rings is 1. The number of sulfonamides is 1. The van der Waals surface area contributed by atoms with Crippen LogP contribution in [0.15, 0.2) is 71.6 Å². The fourth-order valence-electron chi connectivity index (χ4n) is 4.22. The van der Waals surface area contributed by atoms with Gasteiger partial charge in [0, 0.05) is 25.6 Å². The molecule has 0 atom stereocenters. The first-order valence-electron chi connectivity index (χ1n) is 10.3. The molecule has 0 aliphatic carbocycles. The lowest BCUT2D eigenvalue weighted by molar-refractivity contribution is 0.592. The molecule has 7 nitrogen and oxygen atoms in total. The number of anilines is 1. The van der Waals surface area contributed by atoms with E-state index in [1.54, 1.807) is 12.1 Å². The monoisotopic (exact) mass is 445 g/mol. The van der Waals surface area contributed by atoms with E-state index in [9.17, 15) is 8.42 Å². The average molecular weight is 446 g/mol. The molecule has 0 spiro atoms. The molecule has 0 amide bonds. The van der Waals surface area contributed by atoms with Gasteiger partial charge in [-0.2, -0.15) is 0 Å². The molecule has 1 aliphatic heterocycles. The van der Waals surface area contributed by atoms with Crippen LogP contribution in [-0.2, 0) is 29.9 Å². The standard InChI is InChI=1S/C24H23N5O2S/c1-28-22-11-10-19(32(30,31)29-13-12-17-4-2-3-5-21(17)29)15-20(22)27-23(28)14-16-6-8-18(9-7-16)24(25)26/h2-11,15H,12-14H2,1H3,(H3,25,26). The lowest BCUT2D eigenvalue weighted by Gasteiger charge is -2.19. The first-order valence-corrected chi connectivity index (χ1v) is 11.8. The van der Waals surface area contributed by atoms with Crippen LogP contribution < -0.4 is 10.0 Å². The molecule has 162 valence electrons. The molecular weight excluding hydrogens is 422 g/mol. The van der Waals surface area contributed by atoms with Gasteiger partial charge in [0.1, 0.15) is 11.7 Å². The molecule has 0 unspecified atom stereocenters. The number of para-hydroxylation sites is 1. The van der Waals surface area contributed by atoms with Crippen LogP contribution in [0, 0.1) is 5.41 Å². The van der Waals surface area contributed by atoms with Gasteiger partial charge in [0.15, 0.2) is 0 Å². The van der Waals surface area contributed by atoms with Gasteiger partial charge in [0.25, 0.3) is 10.0 Å². The van der Waals surface area contributed by atoms with E-state index in [1.807, 2.05) is 66.2 Å². The fraction of sp³-hybridized carbons (Fsp3) is 0.167. The van der Waals surface area contributed by atoms with Crippen molar-refractivity contribution in [3.63, 3.8) is 0 Å². The van der Waals surface area contributed by atoms with Gasteiger partial charge in [-0.3, -0.25) is 9.71 Å². The fourth-order valence-corrected chi connectivity index (χ4v) is 5.74. The summed E-state index contributed by atoms with van der Waals surface area (Å²) in [4.78, 5) is 4.97. The third-order valence-corrected chi connectivity index (χ3v) is 7.81. The lowest BCUT2D eigenvalue weighted by Crippen LogP contribution is -2.29. The van der Waals surface area contributed by atoms with Crippen LogP contribution in [0.5, 0.6) is 0 Å². The molecule has 1 aliphatic rings. The van der Waals surface area contributed by atoms with E-state index < -0.39 is 10.0 Å². The molecule has 32 heavy (non-hydrogen) atoms. The van der Waals surface area contributed by atoms with E-state index in [-0.39, 0.29) is 10.7 Å². The highest BCUT2D eigenvalue weighted by Crippen LogP contribution is 2.33. The number of rotatable bonds is 5. The van der Waals surface area contributed by atoms with Gasteiger partial charge in [-0.1, -0.05) is 42.5 Å². The Hall–Kier alpha value is -3.65. The summed E-state index contributed by atoms with van der Waals surface area (Å²) in [5, 5.41) is 7.52. The molecule has 1 aromatic heterocycles. The largest absolute Gasteiger partial charge is 0.384 e. The summed E-state index contributed by atoms with van der Waals surface area (Å²) in [6.45, 7) is 0.448. The molecule has 0 saturated heterocycles. The molecular formula is C24H23N5O2S. The highest BCUT2D eigenvalue weighted by Gasteiger charge is 2.31. The number of nitrogens with two attached hydrogens (primary N) is 1. The number of hydrogen-bond donors (Lipinski definition) is 2. The molecule has 3 aromatic carbocycles. The highest BCUT2D eigenvalue weighted by atomic mass is 32.2. The van der Waals surface area contributed by atoms with Gasteiger partial charge in [-0.25, -0.2) is 13.4 Å². The summed E-state index contributed by atoms with van der Waals surface area (Å²) in [6, 6.07) is 20.3. The predicted molar refractivity (Wildman–Crippen MR) is 126 cm³/mol. The van der Waals surface area contributed by atoms with Gasteiger partial charge < -0.3 is 10.3 Å². The van der Waals surface area contributed by atoms with Crippen LogP contribution in [0.2, 0.25) is 0 Å². The molecule has 0 bridgehead atoms. The van der Waals surface area contributed by atoms with Crippen LogP contribution in [0.3, 0.4) is 0 Å². The average Bonchev–Trinajstić information content (AvgIpc) is 3.36. The first-order chi connectivity index (χ1) is 15.3. The summed E-state index contributed by atoms with van der Waals surface area (Å²) in [6.07, 6.45) is 1.30. The third kappa shape index (κ3) is 3.33. The van der Waals surface area contributed by atoms with Gasteiger partial charge in [0.05, 0.1) is 21.6 Å². The smallest absolute Gasteiger partial charge is 0.264 e. The highest BCUT2D eigenvalue weighted by molar-refractivity contribution is 7.92. The summed E-state index contributed by atoms with van der Waals surface area (Å²) >= 11 is 0. The zero-order chi connectivity index (χ0) is 22.5. The van der Waals surface area contributed by atoms with Gasteiger partial charge in [-0.15, -0.1) is 0 Å². The van der Waals surface area contributed by atoms with E-state index in [4.69, 9.17) is 16.1 Å². The maximum Gasteiger partial charge on any atom is 0.264 e. The molecule has 0 saturated carbocycles. The van der Waals surface area contributed by atoms with Crippen LogP contribution in [-0.4, -0.2) is 30.3 Å². The van der Waals surface area contributed by atoms with Crippen molar-refractivity contribution in [1.82, 2.24) is 9.55 Å². The minimum absolute atomic E-state index is 0.0358. The summed E-state index contributed by atoms with van der Waals surface area (Å²) < 4.78 is 30.2. The minimum atomic E-state index is -3.67. The number of aryl methyl sites for hydroxylation is 1. The number of benzene rings is 3. The maximum atomic E-state index is 13.4. The topological polar surface area (TPSA) is 105 Å². The molecule has 3 N–H and O–H groups in total. The van der Waals surface area contributed by atoms with E-state index in [2.05, 4.69) is 0 Å². The van der Waals surface area contributed by atoms with E-state index >= 15 is 0 Å². The molecule has 8 heteroatoms. The predicted octanol–water partition coefficient (Wildman–Crippen LogP) is 3.20. The van der Waals surface area contributed by atoms with Crippen molar-refractivity contribution in [3.05, 3.63) is 89.2 Å². The van der Waals surface area contributed by atoms with E-state index in [0.717, 1.165) is 28.2 Å². The van der Waals surface area contributed by atoms with Crippen molar-refractivity contribution in [3.8, 4) is 0 Å². The second kappa shape index (κ2) is 7.49. The van der Waals surface area contributed by atoms with Crippen LogP contribution in [0.1, 0.15) is 22.5 Å². The number of hydrogen-bond acceptors (Lipinski definition) is 4. The molecule has 0 fully saturated rings. The summed E-state index contributed by atoms with van der Waals surface area (Å²) in [5.74, 6) is 0.866. The van der Waals surface area contributed by atoms with Crippen molar-refractivity contribution >= 4 is 32.6 Å². The summed E-state index contributed by atoms with van der Waals surface area (Å²) in [5.41, 5.74) is 10.6.